The van der Waals surface area contributed by atoms with Crippen LogP contribution in [0, 0.1) is 5.92 Å². The van der Waals surface area contributed by atoms with E-state index in [1.165, 1.54) is 6.33 Å². The normalized spacial score (nSPS) is 16.9. The van der Waals surface area contributed by atoms with E-state index in [0.29, 0.717) is 5.69 Å². The highest BCUT2D eigenvalue weighted by atomic mass is 16.1. The van der Waals surface area contributed by atoms with Crippen molar-refractivity contribution in [3.8, 4) is 0 Å². The maximum Gasteiger partial charge on any atom is 0.222 e. The summed E-state index contributed by atoms with van der Waals surface area (Å²) in [6, 6.07) is 0. The molecule has 17 heavy (non-hydrogen) atoms. The Kier molecular flexibility index (Phi) is 3.41. The number of carbonyl (C=O) groups excluding carboxylic acids is 1. The van der Waals surface area contributed by atoms with Crippen molar-refractivity contribution in [2.75, 3.05) is 30.8 Å². The van der Waals surface area contributed by atoms with Gasteiger partial charge in [-0.2, -0.15) is 0 Å². The molecule has 1 saturated heterocycles. The van der Waals surface area contributed by atoms with Crippen LogP contribution >= 0.6 is 0 Å². The van der Waals surface area contributed by atoms with Crippen LogP contribution in [0.5, 0.6) is 0 Å². The van der Waals surface area contributed by atoms with Gasteiger partial charge in [-0.3, -0.25) is 4.79 Å². The van der Waals surface area contributed by atoms with E-state index in [1.807, 2.05) is 0 Å². The van der Waals surface area contributed by atoms with E-state index in [9.17, 15) is 4.79 Å². The molecule has 2 heterocycles. The van der Waals surface area contributed by atoms with Gasteiger partial charge in [0, 0.05) is 26.1 Å². The second-order valence-corrected chi connectivity index (χ2v) is 4.18. The fourth-order valence-corrected chi connectivity index (χ4v) is 2.16. The van der Waals surface area contributed by atoms with Crippen LogP contribution in [0.2, 0.25) is 0 Å². The molecule has 0 bridgehead atoms. The van der Waals surface area contributed by atoms with Gasteiger partial charge in [0.1, 0.15) is 6.33 Å². The molecule has 6 nitrogen and oxygen atoms in total. The molecule has 1 aromatic heterocycles. The summed E-state index contributed by atoms with van der Waals surface area (Å²) in [5.41, 5.74) is 6.41. The number of rotatable bonds is 2. The Bertz CT molecular complexity index is 401. The summed E-state index contributed by atoms with van der Waals surface area (Å²) in [4.78, 5) is 21.7. The number of hydrogen-bond donors (Lipinski definition) is 2. The van der Waals surface area contributed by atoms with Crippen molar-refractivity contribution in [3.63, 3.8) is 0 Å². The molecule has 0 aliphatic carbocycles. The van der Waals surface area contributed by atoms with Crippen molar-refractivity contribution in [3.05, 3.63) is 12.5 Å². The zero-order chi connectivity index (χ0) is 12.3. The number of nitrogens with zero attached hydrogens (tertiary/aromatic N) is 3. The topological polar surface area (TPSA) is 84.1 Å². The van der Waals surface area contributed by atoms with Gasteiger partial charge in [0.2, 0.25) is 5.91 Å². The lowest BCUT2D eigenvalue weighted by atomic mass is 9.96. The molecule has 0 saturated carbocycles. The number of nitrogens with one attached hydrogen (secondary N) is 1. The van der Waals surface area contributed by atoms with Crippen LogP contribution in [0.4, 0.5) is 11.5 Å². The van der Waals surface area contributed by atoms with Crippen LogP contribution in [-0.4, -0.2) is 36.0 Å². The summed E-state index contributed by atoms with van der Waals surface area (Å²) < 4.78 is 0. The quantitative estimate of drug-likeness (QED) is 0.755. The van der Waals surface area contributed by atoms with E-state index >= 15 is 0 Å². The molecule has 6 heteroatoms. The van der Waals surface area contributed by atoms with Gasteiger partial charge in [-0.05, 0) is 12.8 Å². The number of anilines is 2. The van der Waals surface area contributed by atoms with Gasteiger partial charge in [0.25, 0.3) is 0 Å². The largest absolute Gasteiger partial charge is 0.394 e. The molecule has 3 N–H and O–H groups in total. The van der Waals surface area contributed by atoms with Crippen LogP contribution in [-0.2, 0) is 4.79 Å². The van der Waals surface area contributed by atoms with Crippen LogP contribution in [0.1, 0.15) is 12.8 Å². The maximum atomic E-state index is 11.5. The Hall–Kier alpha value is -1.85. The second-order valence-electron chi connectivity index (χ2n) is 4.18. The average molecular weight is 235 g/mol. The molecule has 1 aliphatic rings. The Morgan fingerprint density at radius 3 is 2.82 bits per heavy atom. The minimum absolute atomic E-state index is 0.110. The number of piperidine rings is 1. The van der Waals surface area contributed by atoms with Gasteiger partial charge < -0.3 is 16.0 Å². The molecule has 0 atom stereocenters. The summed E-state index contributed by atoms with van der Waals surface area (Å²) in [5.74, 6) is 1.01. The fraction of sp³-hybridized carbons (Fsp3) is 0.545. The molecule has 0 radical (unpaired) electrons. The Morgan fingerprint density at radius 1 is 1.53 bits per heavy atom. The van der Waals surface area contributed by atoms with Crippen molar-refractivity contribution in [1.29, 1.82) is 0 Å². The van der Waals surface area contributed by atoms with E-state index in [2.05, 4.69) is 20.2 Å². The van der Waals surface area contributed by atoms with E-state index in [4.69, 9.17) is 5.73 Å². The van der Waals surface area contributed by atoms with Crippen molar-refractivity contribution >= 4 is 17.4 Å². The maximum absolute atomic E-state index is 11.5. The molecule has 1 aromatic rings. The highest BCUT2D eigenvalue weighted by molar-refractivity contribution is 5.78. The first kappa shape index (κ1) is 11.6. The molecular weight excluding hydrogens is 218 g/mol. The summed E-state index contributed by atoms with van der Waals surface area (Å²) in [5, 5.41) is 2.69. The third-order valence-corrected chi connectivity index (χ3v) is 3.13. The van der Waals surface area contributed by atoms with Gasteiger partial charge in [0.15, 0.2) is 5.82 Å². The predicted octanol–water partition coefficient (Wildman–Crippen LogP) is 0.0212. The smallest absolute Gasteiger partial charge is 0.222 e. The number of aromatic nitrogens is 2. The first-order valence-corrected chi connectivity index (χ1v) is 5.74. The van der Waals surface area contributed by atoms with E-state index < -0.39 is 0 Å². The standard InChI is InChI=1S/C11H17N5O/c1-13-11(17)8-2-4-16(5-3-8)10-9(12)6-14-7-15-10/h6-8H,2-5,12H2,1H3,(H,13,17). The fourth-order valence-electron chi connectivity index (χ4n) is 2.16. The summed E-state index contributed by atoms with van der Waals surface area (Å²) in [7, 11) is 1.68. The molecular formula is C11H17N5O. The van der Waals surface area contributed by atoms with Crippen LogP contribution in [0.15, 0.2) is 12.5 Å². The Balaban J connectivity index is 2.00. The first-order chi connectivity index (χ1) is 8.22. The van der Waals surface area contributed by atoms with Crippen molar-refractivity contribution in [2.45, 2.75) is 12.8 Å². The zero-order valence-corrected chi connectivity index (χ0v) is 9.89. The van der Waals surface area contributed by atoms with Gasteiger partial charge in [-0.25, -0.2) is 9.97 Å². The van der Waals surface area contributed by atoms with Gasteiger partial charge >= 0.3 is 0 Å². The molecule has 2 rings (SSSR count). The minimum atomic E-state index is 0.110. The van der Waals surface area contributed by atoms with Gasteiger partial charge in [-0.1, -0.05) is 0 Å². The lowest BCUT2D eigenvalue weighted by Crippen LogP contribution is -2.40. The van der Waals surface area contributed by atoms with E-state index in [1.54, 1.807) is 13.2 Å². The molecule has 0 spiro atoms. The number of amides is 1. The number of hydrogen-bond acceptors (Lipinski definition) is 5. The number of nitrogens with two attached hydrogens (primary N) is 1. The first-order valence-electron chi connectivity index (χ1n) is 5.74. The van der Waals surface area contributed by atoms with Crippen LogP contribution < -0.4 is 16.0 Å². The lowest BCUT2D eigenvalue weighted by Gasteiger charge is -2.32. The molecule has 1 aliphatic heterocycles. The monoisotopic (exact) mass is 235 g/mol. The predicted molar refractivity (Wildman–Crippen MR) is 65.4 cm³/mol. The Labute approximate surface area is 100 Å². The third kappa shape index (κ3) is 2.46. The lowest BCUT2D eigenvalue weighted by molar-refractivity contribution is -0.125. The third-order valence-electron chi connectivity index (χ3n) is 3.13. The molecule has 1 amide bonds. The van der Waals surface area contributed by atoms with Crippen molar-refractivity contribution in [2.24, 2.45) is 5.92 Å². The van der Waals surface area contributed by atoms with E-state index in [-0.39, 0.29) is 11.8 Å². The molecule has 0 unspecified atom stereocenters. The van der Waals surface area contributed by atoms with Crippen LogP contribution in [0.3, 0.4) is 0 Å². The highest BCUT2D eigenvalue weighted by Crippen LogP contribution is 2.25. The van der Waals surface area contributed by atoms with Crippen LogP contribution in [0.25, 0.3) is 0 Å². The molecule has 0 aromatic carbocycles. The zero-order valence-electron chi connectivity index (χ0n) is 9.89. The number of nitrogen functional groups attached to an aromatic ring is 1. The number of carbonyl (C=O) groups is 1. The summed E-state index contributed by atoms with van der Waals surface area (Å²) in [6.45, 7) is 1.61. The Morgan fingerprint density at radius 2 is 2.24 bits per heavy atom. The highest BCUT2D eigenvalue weighted by Gasteiger charge is 2.25. The summed E-state index contributed by atoms with van der Waals surface area (Å²) in [6.07, 6.45) is 4.77. The SMILES string of the molecule is CNC(=O)C1CCN(c2ncncc2N)CC1. The van der Waals surface area contributed by atoms with Gasteiger partial charge in [0.05, 0.1) is 11.9 Å². The van der Waals surface area contributed by atoms with Gasteiger partial charge in [-0.15, -0.1) is 0 Å². The van der Waals surface area contributed by atoms with Crippen molar-refractivity contribution in [1.82, 2.24) is 15.3 Å². The molecule has 92 valence electrons. The van der Waals surface area contributed by atoms with E-state index in [0.717, 1.165) is 31.7 Å². The minimum Gasteiger partial charge on any atom is -0.394 e. The van der Waals surface area contributed by atoms with Crippen molar-refractivity contribution < 1.29 is 4.79 Å². The molecule has 1 fully saturated rings. The second kappa shape index (κ2) is 4.99. The average Bonchev–Trinajstić information content (AvgIpc) is 2.39. The summed E-state index contributed by atoms with van der Waals surface area (Å²) >= 11 is 0.